The molecule has 2 unspecified atom stereocenters. The standard InChI is InChI=1S/C17H19NO2/c1-11-6-7-14(8-11)18-17(20)15-9-12-4-2-3-5-13(12)10-16(15)19/h2-5,9-11,14,19H,6-8H2,1H3,(H,18,20). The fraction of sp³-hybridized carbons (Fsp3) is 0.353. The van der Waals surface area contributed by atoms with Gasteiger partial charge in [0.25, 0.3) is 5.91 Å². The van der Waals surface area contributed by atoms with E-state index in [4.69, 9.17) is 0 Å². The zero-order chi connectivity index (χ0) is 14.1. The van der Waals surface area contributed by atoms with Crippen molar-refractivity contribution in [3.63, 3.8) is 0 Å². The van der Waals surface area contributed by atoms with Crippen LogP contribution < -0.4 is 5.32 Å². The van der Waals surface area contributed by atoms with Crippen molar-refractivity contribution in [3.8, 4) is 5.75 Å². The van der Waals surface area contributed by atoms with Gasteiger partial charge in [0.1, 0.15) is 5.75 Å². The molecule has 2 atom stereocenters. The molecule has 0 heterocycles. The van der Waals surface area contributed by atoms with E-state index in [1.807, 2.05) is 24.3 Å². The van der Waals surface area contributed by atoms with Crippen LogP contribution in [0.5, 0.6) is 5.75 Å². The van der Waals surface area contributed by atoms with Crippen molar-refractivity contribution in [2.45, 2.75) is 32.2 Å². The number of hydrogen-bond acceptors (Lipinski definition) is 2. The van der Waals surface area contributed by atoms with Gasteiger partial charge in [0.05, 0.1) is 5.56 Å². The lowest BCUT2D eigenvalue weighted by Gasteiger charge is -2.13. The molecule has 0 aromatic heterocycles. The summed E-state index contributed by atoms with van der Waals surface area (Å²) >= 11 is 0. The molecule has 3 nitrogen and oxygen atoms in total. The minimum atomic E-state index is -0.174. The summed E-state index contributed by atoms with van der Waals surface area (Å²) < 4.78 is 0. The van der Waals surface area contributed by atoms with Crippen molar-refractivity contribution < 1.29 is 9.90 Å². The molecule has 0 spiro atoms. The molecule has 1 fully saturated rings. The summed E-state index contributed by atoms with van der Waals surface area (Å²) in [6, 6.07) is 11.4. The van der Waals surface area contributed by atoms with E-state index in [0.717, 1.165) is 30.0 Å². The Bertz CT molecular complexity index is 650. The second-order valence-corrected chi connectivity index (χ2v) is 5.81. The maximum Gasteiger partial charge on any atom is 0.255 e. The summed E-state index contributed by atoms with van der Waals surface area (Å²) in [6.07, 6.45) is 3.22. The van der Waals surface area contributed by atoms with Crippen molar-refractivity contribution in [2.75, 3.05) is 0 Å². The molecule has 1 saturated carbocycles. The predicted octanol–water partition coefficient (Wildman–Crippen LogP) is 3.46. The van der Waals surface area contributed by atoms with Crippen molar-refractivity contribution in [2.24, 2.45) is 5.92 Å². The van der Waals surface area contributed by atoms with Gasteiger partial charge in [0, 0.05) is 6.04 Å². The fourth-order valence-electron chi connectivity index (χ4n) is 3.01. The van der Waals surface area contributed by atoms with Crippen LogP contribution in [-0.2, 0) is 0 Å². The molecule has 0 saturated heterocycles. The number of amides is 1. The third-order valence-corrected chi connectivity index (χ3v) is 4.14. The van der Waals surface area contributed by atoms with Gasteiger partial charge in [0.2, 0.25) is 0 Å². The third kappa shape index (κ3) is 2.48. The van der Waals surface area contributed by atoms with Crippen LogP contribution in [0.3, 0.4) is 0 Å². The number of hydrogen-bond donors (Lipinski definition) is 2. The number of nitrogens with one attached hydrogen (secondary N) is 1. The second kappa shape index (κ2) is 5.16. The lowest BCUT2D eigenvalue weighted by Crippen LogP contribution is -2.32. The number of carbonyl (C=O) groups is 1. The van der Waals surface area contributed by atoms with E-state index in [-0.39, 0.29) is 17.7 Å². The molecule has 2 aromatic rings. The fourth-order valence-corrected chi connectivity index (χ4v) is 3.01. The van der Waals surface area contributed by atoms with Crippen molar-refractivity contribution >= 4 is 16.7 Å². The molecule has 2 aromatic carbocycles. The lowest BCUT2D eigenvalue weighted by atomic mass is 10.0. The van der Waals surface area contributed by atoms with Crippen LogP contribution in [0.4, 0.5) is 0 Å². The zero-order valence-electron chi connectivity index (χ0n) is 11.6. The molecular weight excluding hydrogens is 250 g/mol. The van der Waals surface area contributed by atoms with Gasteiger partial charge in [-0.15, -0.1) is 0 Å². The molecule has 20 heavy (non-hydrogen) atoms. The van der Waals surface area contributed by atoms with E-state index in [2.05, 4.69) is 12.2 Å². The minimum absolute atomic E-state index is 0.0484. The average molecular weight is 269 g/mol. The van der Waals surface area contributed by atoms with Gasteiger partial charge < -0.3 is 10.4 Å². The van der Waals surface area contributed by atoms with Crippen molar-refractivity contribution in [3.05, 3.63) is 42.0 Å². The van der Waals surface area contributed by atoms with Crippen LogP contribution >= 0.6 is 0 Å². The Hall–Kier alpha value is -2.03. The third-order valence-electron chi connectivity index (χ3n) is 4.14. The zero-order valence-corrected chi connectivity index (χ0v) is 11.6. The molecule has 1 aliphatic rings. The van der Waals surface area contributed by atoms with Gasteiger partial charge in [-0.3, -0.25) is 4.79 Å². The Morgan fingerprint density at radius 1 is 1.20 bits per heavy atom. The summed E-state index contributed by atoms with van der Waals surface area (Å²) in [4.78, 5) is 12.3. The monoisotopic (exact) mass is 269 g/mol. The number of rotatable bonds is 2. The van der Waals surface area contributed by atoms with E-state index in [9.17, 15) is 9.90 Å². The summed E-state index contributed by atoms with van der Waals surface area (Å²) in [6.45, 7) is 2.21. The Balaban J connectivity index is 1.85. The van der Waals surface area contributed by atoms with Gasteiger partial charge >= 0.3 is 0 Å². The molecule has 1 aliphatic carbocycles. The van der Waals surface area contributed by atoms with Crippen LogP contribution in [-0.4, -0.2) is 17.1 Å². The van der Waals surface area contributed by atoms with Crippen LogP contribution in [0.2, 0.25) is 0 Å². The molecule has 2 N–H and O–H groups in total. The smallest absolute Gasteiger partial charge is 0.255 e. The van der Waals surface area contributed by atoms with Crippen LogP contribution in [0.1, 0.15) is 36.5 Å². The molecule has 0 radical (unpaired) electrons. The first-order valence-electron chi connectivity index (χ1n) is 7.16. The SMILES string of the molecule is CC1CCC(NC(=O)c2cc3ccccc3cc2O)C1. The van der Waals surface area contributed by atoms with Crippen molar-refractivity contribution in [1.29, 1.82) is 0 Å². The predicted molar refractivity (Wildman–Crippen MR) is 79.9 cm³/mol. The molecule has 0 bridgehead atoms. The minimum Gasteiger partial charge on any atom is -0.507 e. The van der Waals surface area contributed by atoms with Crippen LogP contribution in [0.15, 0.2) is 36.4 Å². The molecule has 0 aliphatic heterocycles. The average Bonchev–Trinajstić information content (AvgIpc) is 2.83. The number of phenolic OH excluding ortho intramolecular Hbond substituents is 1. The van der Waals surface area contributed by atoms with Crippen LogP contribution in [0.25, 0.3) is 10.8 Å². The highest BCUT2D eigenvalue weighted by atomic mass is 16.3. The topological polar surface area (TPSA) is 49.3 Å². The lowest BCUT2D eigenvalue weighted by molar-refractivity contribution is 0.0935. The van der Waals surface area contributed by atoms with Gasteiger partial charge in [-0.1, -0.05) is 31.2 Å². The number of benzene rings is 2. The molecular formula is C17H19NO2. The molecule has 3 rings (SSSR count). The van der Waals surface area contributed by atoms with Gasteiger partial charge in [-0.2, -0.15) is 0 Å². The molecule has 1 amide bonds. The van der Waals surface area contributed by atoms with Gasteiger partial charge in [-0.25, -0.2) is 0 Å². The number of aromatic hydroxyl groups is 1. The first kappa shape index (κ1) is 13.0. The highest BCUT2D eigenvalue weighted by Gasteiger charge is 2.24. The first-order chi connectivity index (χ1) is 9.63. The molecule has 3 heteroatoms. The Morgan fingerprint density at radius 2 is 1.90 bits per heavy atom. The van der Waals surface area contributed by atoms with E-state index in [1.165, 1.54) is 0 Å². The van der Waals surface area contributed by atoms with E-state index in [0.29, 0.717) is 11.5 Å². The Morgan fingerprint density at radius 3 is 2.55 bits per heavy atom. The van der Waals surface area contributed by atoms with Gasteiger partial charge in [0.15, 0.2) is 0 Å². The maximum atomic E-state index is 12.3. The summed E-state index contributed by atoms with van der Waals surface area (Å²) in [5, 5.41) is 15.0. The summed E-state index contributed by atoms with van der Waals surface area (Å²) in [7, 11) is 0. The Kier molecular flexibility index (Phi) is 3.35. The summed E-state index contributed by atoms with van der Waals surface area (Å²) in [5.41, 5.74) is 0.364. The quantitative estimate of drug-likeness (QED) is 0.877. The first-order valence-corrected chi connectivity index (χ1v) is 7.16. The van der Waals surface area contributed by atoms with Gasteiger partial charge in [-0.05, 0) is 48.1 Å². The maximum absolute atomic E-state index is 12.3. The molecule has 104 valence electrons. The Labute approximate surface area is 118 Å². The van der Waals surface area contributed by atoms with E-state index >= 15 is 0 Å². The number of carbonyl (C=O) groups excluding carboxylic acids is 1. The second-order valence-electron chi connectivity index (χ2n) is 5.81. The van der Waals surface area contributed by atoms with Crippen molar-refractivity contribution in [1.82, 2.24) is 5.32 Å². The largest absolute Gasteiger partial charge is 0.507 e. The highest BCUT2D eigenvalue weighted by molar-refractivity contribution is 6.01. The number of fused-ring (bicyclic) bond motifs is 1. The number of phenols is 1. The van der Waals surface area contributed by atoms with E-state index < -0.39 is 0 Å². The summed E-state index contributed by atoms with van der Waals surface area (Å²) in [5.74, 6) is 0.546. The van der Waals surface area contributed by atoms with Crippen LogP contribution in [0, 0.1) is 5.92 Å². The highest BCUT2D eigenvalue weighted by Crippen LogP contribution is 2.27. The van der Waals surface area contributed by atoms with E-state index in [1.54, 1.807) is 12.1 Å². The normalized spacial score (nSPS) is 22.1.